The van der Waals surface area contributed by atoms with Crippen molar-refractivity contribution < 1.29 is 44.1 Å². The number of nitrogens with one attached hydrogen (secondary N) is 5. The molecule has 5 unspecified atom stereocenters. The topological polar surface area (TPSA) is 253 Å². The molecule has 1 aromatic heterocycles. The fourth-order valence-corrected chi connectivity index (χ4v) is 3.69. The highest BCUT2D eigenvalue weighted by Gasteiger charge is 2.33. The van der Waals surface area contributed by atoms with E-state index in [1.54, 1.807) is 30.5 Å². The molecule has 0 aliphatic rings. The monoisotopic (exact) mass is 548 g/mol. The van der Waals surface area contributed by atoms with Crippen molar-refractivity contribution in [3.63, 3.8) is 0 Å². The number of aliphatic carboxylic acids is 2. The number of aliphatic hydroxyl groups excluding tert-OH is 1. The van der Waals surface area contributed by atoms with Crippen molar-refractivity contribution >= 4 is 46.5 Å². The lowest BCUT2D eigenvalue weighted by Gasteiger charge is -2.26. The summed E-state index contributed by atoms with van der Waals surface area (Å²) in [5, 5.41) is 38.4. The van der Waals surface area contributed by atoms with Gasteiger partial charge in [-0.25, -0.2) is 4.79 Å². The summed E-state index contributed by atoms with van der Waals surface area (Å²) in [6, 6.07) is 1.20. The lowest BCUT2D eigenvalue weighted by molar-refractivity contribution is -0.147. The van der Waals surface area contributed by atoms with Crippen LogP contribution in [-0.4, -0.2) is 92.7 Å². The van der Waals surface area contributed by atoms with Crippen molar-refractivity contribution in [2.24, 2.45) is 5.73 Å². The van der Waals surface area contributed by atoms with Crippen LogP contribution in [0.4, 0.5) is 0 Å². The van der Waals surface area contributed by atoms with Crippen molar-refractivity contribution in [1.29, 1.82) is 0 Å². The Labute approximate surface area is 222 Å². The lowest BCUT2D eigenvalue weighted by Crippen LogP contribution is -2.60. The van der Waals surface area contributed by atoms with Crippen LogP contribution in [-0.2, 0) is 35.2 Å². The summed E-state index contributed by atoms with van der Waals surface area (Å²) in [6.45, 7) is 2.18. The molecule has 0 bridgehead atoms. The molecule has 0 saturated heterocycles. The van der Waals surface area contributed by atoms with E-state index in [1.165, 1.54) is 13.8 Å². The van der Waals surface area contributed by atoms with E-state index in [4.69, 9.17) is 10.8 Å². The van der Waals surface area contributed by atoms with E-state index < -0.39 is 72.3 Å². The number of benzene rings is 1. The molecule has 0 fully saturated rings. The minimum Gasteiger partial charge on any atom is -0.481 e. The summed E-state index contributed by atoms with van der Waals surface area (Å²) in [6.07, 6.45) is -0.904. The van der Waals surface area contributed by atoms with Crippen LogP contribution in [0.3, 0.4) is 0 Å². The first-order valence-electron chi connectivity index (χ1n) is 11.9. The molecule has 15 nitrogen and oxygen atoms in total. The number of aliphatic hydroxyl groups is 1. The van der Waals surface area contributed by atoms with Gasteiger partial charge in [0.2, 0.25) is 23.6 Å². The Morgan fingerprint density at radius 2 is 1.54 bits per heavy atom. The highest BCUT2D eigenvalue weighted by atomic mass is 16.4. The maximum Gasteiger partial charge on any atom is 0.326 e. The van der Waals surface area contributed by atoms with Crippen molar-refractivity contribution in [2.75, 3.05) is 6.54 Å². The molecule has 0 saturated carbocycles. The third-order valence-corrected chi connectivity index (χ3v) is 5.74. The first-order valence-corrected chi connectivity index (χ1v) is 11.9. The molecule has 0 spiro atoms. The Morgan fingerprint density at radius 1 is 0.897 bits per heavy atom. The van der Waals surface area contributed by atoms with Crippen molar-refractivity contribution in [2.45, 2.75) is 57.0 Å². The third kappa shape index (κ3) is 8.79. The second kappa shape index (κ2) is 13.9. The van der Waals surface area contributed by atoms with E-state index in [0.717, 1.165) is 10.9 Å². The number of fused-ring (bicyclic) bond motifs is 1. The van der Waals surface area contributed by atoms with Crippen LogP contribution in [0.2, 0.25) is 0 Å². The summed E-state index contributed by atoms with van der Waals surface area (Å²) in [5.74, 6) is -6.48. The number of nitrogens with two attached hydrogens (primary N) is 1. The van der Waals surface area contributed by atoms with Crippen LogP contribution >= 0.6 is 0 Å². The van der Waals surface area contributed by atoms with Gasteiger partial charge in [-0.3, -0.25) is 24.0 Å². The number of aromatic nitrogens is 1. The highest BCUT2D eigenvalue weighted by Crippen LogP contribution is 2.19. The SMILES string of the molecule is CC(NC(=O)CN)C(=O)NC(C(=O)NC(Cc1c[nH]c2ccccc12)C(=O)NC(CC(=O)O)C(=O)O)C(C)O. The predicted molar refractivity (Wildman–Crippen MR) is 136 cm³/mol. The summed E-state index contributed by atoms with van der Waals surface area (Å²) in [5.41, 5.74) is 6.52. The second-order valence-electron chi connectivity index (χ2n) is 8.84. The van der Waals surface area contributed by atoms with Crippen molar-refractivity contribution in [3.8, 4) is 0 Å². The average molecular weight is 549 g/mol. The molecule has 4 amide bonds. The number of carbonyl (C=O) groups excluding carboxylic acids is 4. The molecule has 1 aromatic carbocycles. The van der Waals surface area contributed by atoms with Gasteiger partial charge in [0, 0.05) is 23.5 Å². The molecule has 212 valence electrons. The first kappa shape index (κ1) is 30.7. The van der Waals surface area contributed by atoms with Gasteiger partial charge in [0.25, 0.3) is 0 Å². The minimum atomic E-state index is -1.78. The van der Waals surface area contributed by atoms with Gasteiger partial charge in [0.05, 0.1) is 19.1 Å². The Kier molecular flexibility index (Phi) is 10.9. The van der Waals surface area contributed by atoms with Gasteiger partial charge in [-0.2, -0.15) is 0 Å². The minimum absolute atomic E-state index is 0.148. The Balaban J connectivity index is 2.30. The Morgan fingerprint density at radius 3 is 2.13 bits per heavy atom. The van der Waals surface area contributed by atoms with Gasteiger partial charge in [-0.05, 0) is 25.5 Å². The summed E-state index contributed by atoms with van der Waals surface area (Å²) in [7, 11) is 0. The lowest BCUT2D eigenvalue weighted by atomic mass is 10.0. The van der Waals surface area contributed by atoms with Crippen LogP contribution in [0, 0.1) is 0 Å². The number of para-hydroxylation sites is 1. The van der Waals surface area contributed by atoms with Gasteiger partial charge < -0.3 is 47.3 Å². The first-order chi connectivity index (χ1) is 18.3. The number of carboxylic acid groups (broad SMARTS) is 2. The molecular formula is C24H32N6O9. The van der Waals surface area contributed by atoms with Crippen LogP contribution < -0.4 is 27.0 Å². The number of aromatic amines is 1. The summed E-state index contributed by atoms with van der Waals surface area (Å²) in [4.78, 5) is 75.8. The quantitative estimate of drug-likeness (QED) is 0.121. The molecule has 0 radical (unpaired) electrons. The molecule has 10 N–H and O–H groups in total. The predicted octanol–water partition coefficient (Wildman–Crippen LogP) is -2.43. The van der Waals surface area contributed by atoms with Crippen LogP contribution in [0.5, 0.6) is 0 Å². The largest absolute Gasteiger partial charge is 0.481 e. The number of hydrogen-bond donors (Lipinski definition) is 9. The number of hydrogen-bond acceptors (Lipinski definition) is 8. The van der Waals surface area contributed by atoms with Gasteiger partial charge >= 0.3 is 11.9 Å². The average Bonchev–Trinajstić information content (AvgIpc) is 3.28. The maximum atomic E-state index is 13.1. The van der Waals surface area contributed by atoms with E-state index in [-0.39, 0.29) is 13.0 Å². The zero-order chi connectivity index (χ0) is 29.3. The van der Waals surface area contributed by atoms with Gasteiger partial charge in [-0.1, -0.05) is 18.2 Å². The Bertz CT molecular complexity index is 1230. The van der Waals surface area contributed by atoms with E-state index in [0.29, 0.717) is 5.56 Å². The number of amides is 4. The summed E-state index contributed by atoms with van der Waals surface area (Å²) < 4.78 is 0. The molecule has 5 atom stereocenters. The van der Waals surface area contributed by atoms with Gasteiger partial charge in [-0.15, -0.1) is 0 Å². The van der Waals surface area contributed by atoms with Crippen LogP contribution in [0.15, 0.2) is 30.5 Å². The molecule has 0 aliphatic heterocycles. The van der Waals surface area contributed by atoms with Crippen LogP contribution in [0.25, 0.3) is 10.9 Å². The zero-order valence-electron chi connectivity index (χ0n) is 21.3. The number of carbonyl (C=O) groups is 6. The second-order valence-corrected chi connectivity index (χ2v) is 8.84. The normalized spacial score (nSPS) is 14.8. The standard InChI is InChI=1S/C24H32N6O9/c1-11(27-18(32)9-25)21(35)30-20(12(2)31)23(37)28-16(22(36)29-17(24(38)39)8-19(33)34)7-13-10-26-15-6-4-3-5-14(13)15/h3-6,10-12,16-17,20,26,31H,7-9,25H2,1-2H3,(H,27,32)(H,28,37)(H,29,36)(H,30,35)(H,33,34)(H,38,39). The highest BCUT2D eigenvalue weighted by molar-refractivity contribution is 5.96. The van der Waals surface area contributed by atoms with Crippen LogP contribution in [0.1, 0.15) is 25.8 Å². The van der Waals surface area contributed by atoms with E-state index in [2.05, 4.69) is 26.3 Å². The summed E-state index contributed by atoms with van der Waals surface area (Å²) >= 11 is 0. The number of carboxylic acids is 2. The molecule has 2 aromatic rings. The molecule has 15 heteroatoms. The van der Waals surface area contributed by atoms with Gasteiger partial charge in [0.15, 0.2) is 0 Å². The third-order valence-electron chi connectivity index (χ3n) is 5.74. The molecule has 0 aliphatic carbocycles. The van der Waals surface area contributed by atoms with Crippen molar-refractivity contribution in [3.05, 3.63) is 36.0 Å². The molecule has 2 rings (SSSR count). The van der Waals surface area contributed by atoms with E-state index in [9.17, 15) is 39.0 Å². The van der Waals surface area contributed by atoms with E-state index in [1.807, 2.05) is 0 Å². The van der Waals surface area contributed by atoms with Crippen molar-refractivity contribution in [1.82, 2.24) is 26.3 Å². The molecule has 39 heavy (non-hydrogen) atoms. The fraction of sp³-hybridized carbons (Fsp3) is 0.417. The zero-order valence-corrected chi connectivity index (χ0v) is 21.3. The molecule has 1 heterocycles. The Hall–Kier alpha value is -4.50. The number of rotatable bonds is 14. The molecular weight excluding hydrogens is 516 g/mol. The smallest absolute Gasteiger partial charge is 0.326 e. The van der Waals surface area contributed by atoms with E-state index >= 15 is 0 Å². The maximum absolute atomic E-state index is 13.1. The number of H-pyrrole nitrogens is 1. The van der Waals surface area contributed by atoms with Gasteiger partial charge in [0.1, 0.15) is 24.2 Å². The fourth-order valence-electron chi connectivity index (χ4n) is 3.69.